The highest BCUT2D eigenvalue weighted by molar-refractivity contribution is 6.02. The molecule has 2 aromatic rings. The van der Waals surface area contributed by atoms with Gasteiger partial charge in [0.05, 0.1) is 18.5 Å². The van der Waals surface area contributed by atoms with E-state index in [1.165, 1.54) is 0 Å². The van der Waals surface area contributed by atoms with Gasteiger partial charge in [-0.25, -0.2) is 0 Å². The second-order valence-electron chi connectivity index (χ2n) is 6.06. The van der Waals surface area contributed by atoms with E-state index in [-0.39, 0.29) is 11.8 Å². The zero-order chi connectivity index (χ0) is 17.6. The molecule has 2 amide bonds. The van der Waals surface area contributed by atoms with Gasteiger partial charge in [0.15, 0.2) is 0 Å². The Hall–Kier alpha value is -2.82. The normalized spacial score (nSPS) is 13.8. The number of nitrogens with zero attached hydrogens (tertiary/aromatic N) is 1. The smallest absolute Gasteiger partial charge is 0.227 e. The van der Waals surface area contributed by atoms with E-state index in [1.54, 1.807) is 12.0 Å². The quantitative estimate of drug-likeness (QED) is 0.878. The van der Waals surface area contributed by atoms with Crippen LogP contribution in [0.3, 0.4) is 0 Å². The third-order valence-corrected chi connectivity index (χ3v) is 4.34. The number of aryl methyl sites for hydroxylation is 1. The van der Waals surface area contributed by atoms with Crippen molar-refractivity contribution in [2.75, 3.05) is 23.9 Å². The number of ether oxygens (including phenoxy) is 1. The zero-order valence-electron chi connectivity index (χ0n) is 14.3. The Labute approximate surface area is 147 Å². The lowest BCUT2D eigenvalue weighted by Crippen LogP contribution is -2.25. The van der Waals surface area contributed by atoms with Crippen molar-refractivity contribution in [1.29, 1.82) is 0 Å². The first-order valence-corrected chi connectivity index (χ1v) is 8.49. The van der Waals surface area contributed by atoms with Crippen LogP contribution in [-0.4, -0.2) is 25.5 Å². The molecule has 130 valence electrons. The second kappa shape index (κ2) is 7.83. The minimum absolute atomic E-state index is 0.0603. The molecule has 5 heteroatoms. The average molecular weight is 338 g/mol. The van der Waals surface area contributed by atoms with Gasteiger partial charge in [-0.2, -0.15) is 0 Å². The fraction of sp³-hybridized carbons (Fsp3) is 0.300. The van der Waals surface area contributed by atoms with Gasteiger partial charge < -0.3 is 15.0 Å². The number of amides is 2. The Kier molecular flexibility index (Phi) is 5.33. The first kappa shape index (κ1) is 17.0. The van der Waals surface area contributed by atoms with Crippen molar-refractivity contribution in [3.05, 3.63) is 54.1 Å². The molecule has 0 radical (unpaired) electrons. The highest BCUT2D eigenvalue weighted by Crippen LogP contribution is 2.29. The second-order valence-corrected chi connectivity index (χ2v) is 6.06. The van der Waals surface area contributed by atoms with Crippen LogP contribution in [0.25, 0.3) is 0 Å². The Morgan fingerprint density at radius 2 is 1.92 bits per heavy atom. The predicted molar refractivity (Wildman–Crippen MR) is 98.0 cm³/mol. The highest BCUT2D eigenvalue weighted by Gasteiger charge is 2.24. The Balaban J connectivity index is 1.62. The van der Waals surface area contributed by atoms with Crippen LogP contribution in [0.2, 0.25) is 0 Å². The number of carbonyl (C=O) groups is 2. The third-order valence-electron chi connectivity index (χ3n) is 4.34. The van der Waals surface area contributed by atoms with Crippen molar-refractivity contribution in [2.24, 2.45) is 0 Å². The number of nitrogens with one attached hydrogen (secondary N) is 1. The summed E-state index contributed by atoms with van der Waals surface area (Å²) in [4.78, 5) is 26.0. The number of rotatable bonds is 6. The fourth-order valence-electron chi connectivity index (χ4n) is 2.98. The summed E-state index contributed by atoms with van der Waals surface area (Å²) in [6, 6.07) is 15.2. The molecule has 1 N–H and O–H groups in total. The van der Waals surface area contributed by atoms with Crippen molar-refractivity contribution in [3.63, 3.8) is 0 Å². The van der Waals surface area contributed by atoms with Gasteiger partial charge in [-0.05, 0) is 42.7 Å². The summed E-state index contributed by atoms with van der Waals surface area (Å²) in [5.74, 6) is 0.854. The number of anilines is 2. The standard InChI is InChI=1S/C20H22N2O3/c1-25-16-11-8-15(9-12-16)10-13-19(23)21-17-5-2-3-6-18(17)22-14-4-7-20(22)24/h2-3,5-6,8-9,11-12H,4,7,10,13-14H2,1H3,(H,21,23). The molecule has 0 spiro atoms. The molecule has 1 heterocycles. The van der Waals surface area contributed by atoms with E-state index in [0.29, 0.717) is 31.5 Å². The van der Waals surface area contributed by atoms with Crippen LogP contribution in [0.5, 0.6) is 5.75 Å². The number of methoxy groups -OCH3 is 1. The fourth-order valence-corrected chi connectivity index (χ4v) is 2.98. The molecule has 1 saturated heterocycles. The Morgan fingerprint density at radius 1 is 1.16 bits per heavy atom. The summed E-state index contributed by atoms with van der Waals surface area (Å²) < 4.78 is 5.13. The van der Waals surface area contributed by atoms with E-state index in [9.17, 15) is 9.59 Å². The lowest BCUT2D eigenvalue weighted by Gasteiger charge is -2.20. The molecule has 0 bridgehead atoms. The Bertz CT molecular complexity index is 756. The molecule has 0 aliphatic carbocycles. The SMILES string of the molecule is COc1ccc(CCC(=O)Nc2ccccc2N2CCCC2=O)cc1. The van der Waals surface area contributed by atoms with E-state index in [1.807, 2.05) is 48.5 Å². The predicted octanol–water partition coefficient (Wildman–Crippen LogP) is 3.39. The van der Waals surface area contributed by atoms with Gasteiger partial charge in [-0.3, -0.25) is 9.59 Å². The van der Waals surface area contributed by atoms with Crippen LogP contribution in [0, 0.1) is 0 Å². The van der Waals surface area contributed by atoms with Gasteiger partial charge in [0.25, 0.3) is 0 Å². The largest absolute Gasteiger partial charge is 0.497 e. The van der Waals surface area contributed by atoms with Crippen molar-refractivity contribution < 1.29 is 14.3 Å². The maximum absolute atomic E-state index is 12.3. The van der Waals surface area contributed by atoms with Gasteiger partial charge in [0.1, 0.15) is 5.75 Å². The first-order chi connectivity index (χ1) is 12.2. The topological polar surface area (TPSA) is 58.6 Å². The van der Waals surface area contributed by atoms with E-state index in [2.05, 4.69) is 5.32 Å². The molecule has 3 rings (SSSR count). The molecular weight excluding hydrogens is 316 g/mol. The van der Waals surface area contributed by atoms with Gasteiger partial charge in [-0.15, -0.1) is 0 Å². The molecule has 2 aromatic carbocycles. The lowest BCUT2D eigenvalue weighted by atomic mass is 10.1. The van der Waals surface area contributed by atoms with Crippen LogP contribution in [0.1, 0.15) is 24.8 Å². The third kappa shape index (κ3) is 4.18. The van der Waals surface area contributed by atoms with E-state index < -0.39 is 0 Å². The number of hydrogen-bond acceptors (Lipinski definition) is 3. The van der Waals surface area contributed by atoms with Crippen molar-refractivity contribution in [2.45, 2.75) is 25.7 Å². The Morgan fingerprint density at radius 3 is 2.60 bits per heavy atom. The molecular formula is C20H22N2O3. The van der Waals surface area contributed by atoms with E-state index in [0.717, 1.165) is 23.4 Å². The van der Waals surface area contributed by atoms with Crippen LogP contribution >= 0.6 is 0 Å². The molecule has 0 unspecified atom stereocenters. The monoisotopic (exact) mass is 338 g/mol. The van der Waals surface area contributed by atoms with Crippen LogP contribution < -0.4 is 15.0 Å². The van der Waals surface area contributed by atoms with Gasteiger partial charge in [0.2, 0.25) is 11.8 Å². The van der Waals surface area contributed by atoms with Crippen LogP contribution in [0.4, 0.5) is 11.4 Å². The lowest BCUT2D eigenvalue weighted by molar-refractivity contribution is -0.117. The minimum atomic E-state index is -0.0603. The first-order valence-electron chi connectivity index (χ1n) is 8.49. The minimum Gasteiger partial charge on any atom is -0.497 e. The van der Waals surface area contributed by atoms with E-state index in [4.69, 9.17) is 4.74 Å². The highest BCUT2D eigenvalue weighted by atomic mass is 16.5. The summed E-state index contributed by atoms with van der Waals surface area (Å²) in [5, 5.41) is 2.94. The molecule has 5 nitrogen and oxygen atoms in total. The molecule has 0 aromatic heterocycles. The van der Waals surface area contributed by atoms with Gasteiger partial charge in [0, 0.05) is 19.4 Å². The van der Waals surface area contributed by atoms with Crippen molar-refractivity contribution >= 4 is 23.2 Å². The van der Waals surface area contributed by atoms with Gasteiger partial charge >= 0.3 is 0 Å². The average Bonchev–Trinajstić information content (AvgIpc) is 3.07. The summed E-state index contributed by atoms with van der Waals surface area (Å²) >= 11 is 0. The van der Waals surface area contributed by atoms with Gasteiger partial charge in [-0.1, -0.05) is 24.3 Å². The van der Waals surface area contributed by atoms with Crippen LogP contribution in [-0.2, 0) is 16.0 Å². The summed E-state index contributed by atoms with van der Waals surface area (Å²) in [6.07, 6.45) is 2.47. The van der Waals surface area contributed by atoms with Crippen molar-refractivity contribution in [3.8, 4) is 5.75 Å². The van der Waals surface area contributed by atoms with Crippen molar-refractivity contribution in [1.82, 2.24) is 0 Å². The molecule has 0 atom stereocenters. The maximum atomic E-state index is 12.3. The molecule has 1 fully saturated rings. The maximum Gasteiger partial charge on any atom is 0.227 e. The number of para-hydroxylation sites is 2. The van der Waals surface area contributed by atoms with Crippen LogP contribution in [0.15, 0.2) is 48.5 Å². The molecule has 25 heavy (non-hydrogen) atoms. The number of hydrogen-bond donors (Lipinski definition) is 1. The zero-order valence-corrected chi connectivity index (χ0v) is 14.3. The number of benzene rings is 2. The molecule has 0 saturated carbocycles. The van der Waals surface area contributed by atoms with E-state index >= 15 is 0 Å². The molecule has 1 aliphatic heterocycles. The number of carbonyl (C=O) groups excluding carboxylic acids is 2. The molecule has 1 aliphatic rings. The summed E-state index contributed by atoms with van der Waals surface area (Å²) in [5.41, 5.74) is 2.55. The summed E-state index contributed by atoms with van der Waals surface area (Å²) in [6.45, 7) is 0.706. The summed E-state index contributed by atoms with van der Waals surface area (Å²) in [7, 11) is 1.63.